The molecule has 0 atom stereocenters. The van der Waals surface area contributed by atoms with Crippen LogP contribution in [0.1, 0.15) is 19.4 Å². The van der Waals surface area contributed by atoms with E-state index in [1.807, 2.05) is 18.7 Å². The standard InChI is InChI=1S/C12H17FN2O3/c1-9(2)14(5-6-16)8-10-7-11(15(17)18)3-4-12(10)13/h3-4,7,9,16H,5-6,8H2,1-2H3. The van der Waals surface area contributed by atoms with Crippen LogP contribution in [0.15, 0.2) is 18.2 Å². The molecule has 0 aliphatic rings. The Labute approximate surface area is 105 Å². The summed E-state index contributed by atoms with van der Waals surface area (Å²) in [4.78, 5) is 11.9. The van der Waals surface area contributed by atoms with E-state index in [2.05, 4.69) is 0 Å². The largest absolute Gasteiger partial charge is 0.395 e. The van der Waals surface area contributed by atoms with Gasteiger partial charge in [-0.05, 0) is 19.9 Å². The van der Waals surface area contributed by atoms with Gasteiger partial charge in [-0.1, -0.05) is 0 Å². The molecule has 1 rings (SSSR count). The van der Waals surface area contributed by atoms with E-state index < -0.39 is 10.7 Å². The molecule has 1 aromatic rings. The van der Waals surface area contributed by atoms with E-state index >= 15 is 0 Å². The number of benzene rings is 1. The number of nitrogens with zero attached hydrogens (tertiary/aromatic N) is 2. The molecule has 0 aliphatic carbocycles. The molecule has 0 saturated carbocycles. The average molecular weight is 256 g/mol. The second kappa shape index (κ2) is 6.42. The Hall–Kier alpha value is -1.53. The summed E-state index contributed by atoms with van der Waals surface area (Å²) in [5.74, 6) is -0.468. The van der Waals surface area contributed by atoms with Crippen LogP contribution in [0, 0.1) is 15.9 Å². The van der Waals surface area contributed by atoms with Crippen molar-refractivity contribution in [2.24, 2.45) is 0 Å². The zero-order valence-electron chi connectivity index (χ0n) is 10.5. The fourth-order valence-electron chi connectivity index (χ4n) is 1.66. The van der Waals surface area contributed by atoms with E-state index in [1.165, 1.54) is 6.07 Å². The van der Waals surface area contributed by atoms with Gasteiger partial charge in [0.25, 0.3) is 5.69 Å². The van der Waals surface area contributed by atoms with Gasteiger partial charge in [0.15, 0.2) is 0 Å². The third-order valence-electron chi connectivity index (χ3n) is 2.73. The van der Waals surface area contributed by atoms with Crippen molar-refractivity contribution in [2.45, 2.75) is 26.4 Å². The summed E-state index contributed by atoms with van der Waals surface area (Å²) in [5.41, 5.74) is 0.144. The Bertz CT molecular complexity index is 424. The first-order valence-corrected chi connectivity index (χ1v) is 5.73. The fourth-order valence-corrected chi connectivity index (χ4v) is 1.66. The third kappa shape index (κ3) is 3.75. The second-order valence-corrected chi connectivity index (χ2v) is 4.32. The van der Waals surface area contributed by atoms with Gasteiger partial charge in [0.2, 0.25) is 0 Å². The van der Waals surface area contributed by atoms with E-state index in [9.17, 15) is 14.5 Å². The summed E-state index contributed by atoms with van der Waals surface area (Å²) in [6.45, 7) is 4.45. The second-order valence-electron chi connectivity index (χ2n) is 4.32. The van der Waals surface area contributed by atoms with Gasteiger partial charge in [-0.25, -0.2) is 4.39 Å². The molecule has 0 saturated heterocycles. The van der Waals surface area contributed by atoms with E-state index in [4.69, 9.17) is 5.11 Å². The lowest BCUT2D eigenvalue weighted by Gasteiger charge is -2.25. The summed E-state index contributed by atoms with van der Waals surface area (Å²) in [6, 6.07) is 3.60. The SMILES string of the molecule is CC(C)N(CCO)Cc1cc([N+](=O)[O-])ccc1F. The molecule has 0 spiro atoms. The van der Waals surface area contributed by atoms with E-state index in [0.29, 0.717) is 6.54 Å². The van der Waals surface area contributed by atoms with Crippen LogP contribution in [0.25, 0.3) is 0 Å². The Morgan fingerprint density at radius 3 is 2.67 bits per heavy atom. The molecular formula is C12H17FN2O3. The van der Waals surface area contributed by atoms with Gasteiger partial charge in [-0.3, -0.25) is 15.0 Å². The fraction of sp³-hybridized carbons (Fsp3) is 0.500. The maximum Gasteiger partial charge on any atom is 0.269 e. The van der Waals surface area contributed by atoms with E-state index in [0.717, 1.165) is 12.1 Å². The Kier molecular flexibility index (Phi) is 5.18. The van der Waals surface area contributed by atoms with E-state index in [-0.39, 0.29) is 30.4 Å². The topological polar surface area (TPSA) is 66.6 Å². The number of rotatable bonds is 6. The van der Waals surface area contributed by atoms with Gasteiger partial charge in [0.05, 0.1) is 11.5 Å². The summed E-state index contributed by atoms with van der Waals surface area (Å²) in [7, 11) is 0. The molecule has 0 amide bonds. The normalized spacial score (nSPS) is 11.2. The van der Waals surface area contributed by atoms with Crippen molar-refractivity contribution in [3.8, 4) is 0 Å². The molecule has 0 aromatic heterocycles. The van der Waals surface area contributed by atoms with Crippen LogP contribution < -0.4 is 0 Å². The molecule has 0 unspecified atom stereocenters. The number of hydrogen-bond donors (Lipinski definition) is 1. The Morgan fingerprint density at radius 1 is 1.50 bits per heavy atom. The Morgan fingerprint density at radius 2 is 2.17 bits per heavy atom. The minimum absolute atomic E-state index is 0.0330. The zero-order chi connectivity index (χ0) is 13.7. The highest BCUT2D eigenvalue weighted by Crippen LogP contribution is 2.19. The van der Waals surface area contributed by atoms with Crippen LogP contribution in [0.3, 0.4) is 0 Å². The van der Waals surface area contributed by atoms with Crippen molar-refractivity contribution in [3.63, 3.8) is 0 Å². The molecule has 6 heteroatoms. The van der Waals surface area contributed by atoms with Crippen molar-refractivity contribution < 1.29 is 14.4 Å². The van der Waals surface area contributed by atoms with Crippen molar-refractivity contribution in [1.29, 1.82) is 0 Å². The van der Waals surface area contributed by atoms with Gasteiger partial charge < -0.3 is 5.11 Å². The first kappa shape index (κ1) is 14.5. The van der Waals surface area contributed by atoms with Crippen LogP contribution in [-0.4, -0.2) is 34.1 Å². The maximum atomic E-state index is 13.6. The van der Waals surface area contributed by atoms with Crippen LogP contribution >= 0.6 is 0 Å². The molecule has 0 aliphatic heterocycles. The number of aliphatic hydroxyl groups is 1. The molecule has 5 nitrogen and oxygen atoms in total. The summed E-state index contributed by atoms with van der Waals surface area (Å²) in [6.07, 6.45) is 0. The Balaban J connectivity index is 2.93. The summed E-state index contributed by atoms with van der Waals surface area (Å²) >= 11 is 0. The monoisotopic (exact) mass is 256 g/mol. The van der Waals surface area contributed by atoms with Crippen LogP contribution in [0.5, 0.6) is 0 Å². The molecule has 0 bridgehead atoms. The summed E-state index contributed by atoms with van der Waals surface area (Å²) in [5, 5.41) is 19.6. The van der Waals surface area contributed by atoms with Crippen LogP contribution in [-0.2, 0) is 6.54 Å². The number of nitro groups is 1. The lowest BCUT2D eigenvalue weighted by Crippen LogP contribution is -2.33. The molecule has 0 heterocycles. The van der Waals surface area contributed by atoms with Crippen molar-refractivity contribution in [3.05, 3.63) is 39.7 Å². The van der Waals surface area contributed by atoms with Crippen LogP contribution in [0.2, 0.25) is 0 Å². The lowest BCUT2D eigenvalue weighted by molar-refractivity contribution is -0.385. The predicted molar refractivity (Wildman–Crippen MR) is 65.7 cm³/mol. The number of nitro benzene ring substituents is 1. The average Bonchev–Trinajstić information content (AvgIpc) is 2.30. The molecular weight excluding hydrogens is 239 g/mol. The third-order valence-corrected chi connectivity index (χ3v) is 2.73. The quantitative estimate of drug-likeness (QED) is 0.624. The van der Waals surface area contributed by atoms with Gasteiger partial charge in [-0.2, -0.15) is 0 Å². The van der Waals surface area contributed by atoms with Crippen molar-refractivity contribution in [1.82, 2.24) is 4.90 Å². The summed E-state index contributed by atoms with van der Waals surface area (Å²) < 4.78 is 13.6. The van der Waals surface area contributed by atoms with Gasteiger partial charge in [-0.15, -0.1) is 0 Å². The van der Waals surface area contributed by atoms with Crippen molar-refractivity contribution >= 4 is 5.69 Å². The van der Waals surface area contributed by atoms with Gasteiger partial charge >= 0.3 is 0 Å². The lowest BCUT2D eigenvalue weighted by atomic mass is 10.1. The minimum Gasteiger partial charge on any atom is -0.395 e. The molecule has 18 heavy (non-hydrogen) atoms. The maximum absolute atomic E-state index is 13.6. The highest BCUT2D eigenvalue weighted by Gasteiger charge is 2.15. The highest BCUT2D eigenvalue weighted by atomic mass is 19.1. The van der Waals surface area contributed by atoms with E-state index in [1.54, 1.807) is 0 Å². The number of hydrogen-bond acceptors (Lipinski definition) is 4. The molecule has 1 N–H and O–H groups in total. The molecule has 1 aromatic carbocycles. The first-order chi connectivity index (χ1) is 8.45. The van der Waals surface area contributed by atoms with Crippen molar-refractivity contribution in [2.75, 3.05) is 13.2 Å². The minimum atomic E-state index is -0.547. The highest BCUT2D eigenvalue weighted by molar-refractivity contribution is 5.35. The number of halogens is 1. The zero-order valence-corrected chi connectivity index (χ0v) is 10.5. The van der Waals surface area contributed by atoms with Crippen LogP contribution in [0.4, 0.5) is 10.1 Å². The van der Waals surface area contributed by atoms with Gasteiger partial charge in [0, 0.05) is 36.8 Å². The van der Waals surface area contributed by atoms with Gasteiger partial charge in [0.1, 0.15) is 5.82 Å². The number of non-ortho nitro benzene ring substituents is 1. The smallest absolute Gasteiger partial charge is 0.269 e. The molecule has 100 valence electrons. The molecule has 0 radical (unpaired) electrons. The molecule has 0 fully saturated rings. The number of aliphatic hydroxyl groups excluding tert-OH is 1. The predicted octanol–water partition coefficient (Wildman–Crippen LogP) is 1.94. The first-order valence-electron chi connectivity index (χ1n) is 5.73.